The molecular formula is C19H22N2O3. The lowest BCUT2D eigenvalue weighted by atomic mass is 10.1. The second-order valence-electron chi connectivity index (χ2n) is 5.40. The number of rotatable bonds is 7. The van der Waals surface area contributed by atoms with Gasteiger partial charge in [0.2, 0.25) is 0 Å². The van der Waals surface area contributed by atoms with Crippen LogP contribution in [0.5, 0.6) is 0 Å². The van der Waals surface area contributed by atoms with E-state index in [0.29, 0.717) is 16.8 Å². The molecule has 0 spiro atoms. The number of carbonyl (C=O) groups excluding carboxylic acids is 1. The lowest BCUT2D eigenvalue weighted by molar-refractivity contribution is -0.136. The minimum atomic E-state index is -0.930. The number of aliphatic carboxylic acids is 1. The lowest BCUT2D eigenvalue weighted by Gasteiger charge is -2.21. The van der Waals surface area contributed by atoms with Crippen LogP contribution in [0.1, 0.15) is 29.8 Å². The van der Waals surface area contributed by atoms with Crippen LogP contribution in [0.25, 0.3) is 0 Å². The van der Waals surface area contributed by atoms with Crippen molar-refractivity contribution >= 4 is 23.3 Å². The molecule has 0 aliphatic heterocycles. The molecule has 0 saturated carbocycles. The van der Waals surface area contributed by atoms with Gasteiger partial charge >= 0.3 is 5.97 Å². The maximum absolute atomic E-state index is 12.4. The molecule has 2 aromatic carbocycles. The SMILES string of the molecule is CCN(CC)c1ccc(C(=O)Nc2ccccc2CC(=O)O)cc1. The van der Waals surface area contributed by atoms with Gasteiger partial charge in [0.25, 0.3) is 5.91 Å². The number of hydrogen-bond acceptors (Lipinski definition) is 3. The van der Waals surface area contributed by atoms with Gasteiger partial charge in [-0.3, -0.25) is 9.59 Å². The third-order valence-corrected chi connectivity index (χ3v) is 3.87. The van der Waals surface area contributed by atoms with Gasteiger partial charge in [-0.1, -0.05) is 18.2 Å². The Hall–Kier alpha value is -2.82. The second-order valence-corrected chi connectivity index (χ2v) is 5.40. The monoisotopic (exact) mass is 326 g/mol. The van der Waals surface area contributed by atoms with Crippen LogP contribution >= 0.6 is 0 Å². The van der Waals surface area contributed by atoms with Crippen molar-refractivity contribution in [2.45, 2.75) is 20.3 Å². The van der Waals surface area contributed by atoms with E-state index >= 15 is 0 Å². The summed E-state index contributed by atoms with van der Waals surface area (Å²) in [5.74, 6) is -1.18. The standard InChI is InChI=1S/C19H22N2O3/c1-3-21(4-2)16-11-9-14(10-12-16)19(24)20-17-8-6-5-7-15(17)13-18(22)23/h5-12H,3-4,13H2,1-2H3,(H,20,24)(H,22,23). The van der Waals surface area contributed by atoms with Gasteiger partial charge in [-0.2, -0.15) is 0 Å². The number of anilines is 2. The van der Waals surface area contributed by atoms with E-state index in [2.05, 4.69) is 24.1 Å². The predicted molar refractivity (Wildman–Crippen MR) is 95.7 cm³/mol. The number of benzene rings is 2. The van der Waals surface area contributed by atoms with Crippen LogP contribution in [0, 0.1) is 0 Å². The van der Waals surface area contributed by atoms with Gasteiger partial charge in [0.1, 0.15) is 0 Å². The van der Waals surface area contributed by atoms with Gasteiger partial charge in [0.15, 0.2) is 0 Å². The first kappa shape index (κ1) is 17.5. The Kier molecular flexibility index (Phi) is 5.95. The van der Waals surface area contributed by atoms with E-state index < -0.39 is 5.97 Å². The number of nitrogens with zero attached hydrogens (tertiary/aromatic N) is 1. The highest BCUT2D eigenvalue weighted by Gasteiger charge is 2.11. The lowest BCUT2D eigenvalue weighted by Crippen LogP contribution is -2.22. The number of carboxylic acids is 1. The molecule has 0 fully saturated rings. The van der Waals surface area contributed by atoms with Gasteiger partial charge in [0.05, 0.1) is 6.42 Å². The van der Waals surface area contributed by atoms with Gasteiger partial charge in [-0.05, 0) is 49.7 Å². The van der Waals surface area contributed by atoms with E-state index in [1.165, 1.54) is 0 Å². The average Bonchev–Trinajstić information content (AvgIpc) is 2.58. The molecule has 2 aromatic rings. The Morgan fingerprint density at radius 1 is 1.00 bits per heavy atom. The number of nitrogens with one attached hydrogen (secondary N) is 1. The highest BCUT2D eigenvalue weighted by molar-refractivity contribution is 6.05. The van der Waals surface area contributed by atoms with Crippen LogP contribution < -0.4 is 10.2 Å². The fourth-order valence-corrected chi connectivity index (χ4v) is 2.57. The maximum atomic E-state index is 12.4. The average molecular weight is 326 g/mol. The summed E-state index contributed by atoms with van der Waals surface area (Å²) in [6, 6.07) is 14.3. The number of amides is 1. The molecule has 0 aliphatic rings. The number of carbonyl (C=O) groups is 2. The third kappa shape index (κ3) is 4.35. The molecule has 0 heterocycles. The topological polar surface area (TPSA) is 69.6 Å². The van der Waals surface area contributed by atoms with Gasteiger partial charge < -0.3 is 15.3 Å². The van der Waals surface area contributed by atoms with Crippen LogP contribution in [0.2, 0.25) is 0 Å². The van der Waals surface area contributed by atoms with Crippen molar-refractivity contribution in [2.75, 3.05) is 23.3 Å². The molecule has 1 amide bonds. The van der Waals surface area contributed by atoms with Crippen LogP contribution in [-0.4, -0.2) is 30.1 Å². The third-order valence-electron chi connectivity index (χ3n) is 3.87. The Morgan fingerprint density at radius 3 is 2.21 bits per heavy atom. The van der Waals surface area contributed by atoms with E-state index in [4.69, 9.17) is 5.11 Å². The molecule has 0 aromatic heterocycles. The Balaban J connectivity index is 2.14. The molecule has 126 valence electrons. The molecule has 0 saturated heterocycles. The quantitative estimate of drug-likeness (QED) is 0.818. The zero-order chi connectivity index (χ0) is 17.5. The molecule has 24 heavy (non-hydrogen) atoms. The molecule has 0 radical (unpaired) electrons. The second kappa shape index (κ2) is 8.15. The van der Waals surface area contributed by atoms with Crippen molar-refractivity contribution in [1.29, 1.82) is 0 Å². The van der Waals surface area contributed by atoms with Gasteiger partial charge in [-0.25, -0.2) is 0 Å². The van der Waals surface area contributed by atoms with Gasteiger partial charge in [0, 0.05) is 30.0 Å². The zero-order valence-electron chi connectivity index (χ0n) is 14.0. The Bertz CT molecular complexity index is 707. The first-order chi connectivity index (χ1) is 11.5. The highest BCUT2D eigenvalue weighted by atomic mass is 16.4. The Morgan fingerprint density at radius 2 is 1.62 bits per heavy atom. The molecule has 0 unspecified atom stereocenters. The van der Waals surface area contributed by atoms with E-state index in [0.717, 1.165) is 18.8 Å². The zero-order valence-corrected chi connectivity index (χ0v) is 14.0. The van der Waals surface area contributed by atoms with Crippen molar-refractivity contribution in [2.24, 2.45) is 0 Å². The molecule has 2 rings (SSSR count). The minimum Gasteiger partial charge on any atom is -0.481 e. The summed E-state index contributed by atoms with van der Waals surface area (Å²) in [5.41, 5.74) is 2.72. The number of para-hydroxylation sites is 1. The minimum absolute atomic E-state index is 0.128. The fourth-order valence-electron chi connectivity index (χ4n) is 2.57. The highest BCUT2D eigenvalue weighted by Crippen LogP contribution is 2.19. The molecule has 0 bridgehead atoms. The number of carboxylic acid groups (broad SMARTS) is 1. The molecule has 2 N–H and O–H groups in total. The molecular weight excluding hydrogens is 304 g/mol. The van der Waals surface area contributed by atoms with Crippen LogP contribution in [0.3, 0.4) is 0 Å². The van der Waals surface area contributed by atoms with Crippen LogP contribution in [-0.2, 0) is 11.2 Å². The summed E-state index contributed by atoms with van der Waals surface area (Å²) in [7, 11) is 0. The van der Waals surface area contributed by atoms with E-state index in [1.807, 2.05) is 12.1 Å². The first-order valence-electron chi connectivity index (χ1n) is 8.01. The summed E-state index contributed by atoms with van der Waals surface area (Å²) in [5, 5.41) is 11.7. The van der Waals surface area contributed by atoms with E-state index in [9.17, 15) is 9.59 Å². The van der Waals surface area contributed by atoms with Crippen molar-refractivity contribution < 1.29 is 14.7 Å². The summed E-state index contributed by atoms with van der Waals surface area (Å²) in [6.07, 6.45) is -0.128. The smallest absolute Gasteiger partial charge is 0.307 e. The Labute approximate surface area is 141 Å². The molecule has 0 aliphatic carbocycles. The fraction of sp³-hybridized carbons (Fsp3) is 0.263. The molecule has 5 heteroatoms. The summed E-state index contributed by atoms with van der Waals surface area (Å²) < 4.78 is 0. The maximum Gasteiger partial charge on any atom is 0.307 e. The van der Waals surface area contributed by atoms with Crippen molar-refractivity contribution in [1.82, 2.24) is 0 Å². The van der Waals surface area contributed by atoms with E-state index in [-0.39, 0.29) is 12.3 Å². The van der Waals surface area contributed by atoms with Gasteiger partial charge in [-0.15, -0.1) is 0 Å². The summed E-state index contributed by atoms with van der Waals surface area (Å²) in [6.45, 7) is 5.99. The van der Waals surface area contributed by atoms with E-state index in [1.54, 1.807) is 36.4 Å². The van der Waals surface area contributed by atoms with Crippen LogP contribution in [0.4, 0.5) is 11.4 Å². The predicted octanol–water partition coefficient (Wildman–Crippen LogP) is 3.41. The van der Waals surface area contributed by atoms with Crippen molar-refractivity contribution in [3.8, 4) is 0 Å². The summed E-state index contributed by atoms with van der Waals surface area (Å²) >= 11 is 0. The normalized spacial score (nSPS) is 10.2. The van der Waals surface area contributed by atoms with Crippen molar-refractivity contribution in [3.05, 3.63) is 59.7 Å². The number of hydrogen-bond donors (Lipinski definition) is 2. The molecule has 0 atom stereocenters. The van der Waals surface area contributed by atoms with Crippen molar-refractivity contribution in [3.63, 3.8) is 0 Å². The van der Waals surface area contributed by atoms with Crippen LogP contribution in [0.15, 0.2) is 48.5 Å². The largest absolute Gasteiger partial charge is 0.481 e. The first-order valence-corrected chi connectivity index (χ1v) is 8.01. The molecule has 5 nitrogen and oxygen atoms in total. The summed E-state index contributed by atoms with van der Waals surface area (Å²) in [4.78, 5) is 25.5.